The first-order valence-electron chi connectivity index (χ1n) is 12.8. The lowest BCUT2D eigenvalue weighted by Gasteiger charge is -2.33. The first kappa shape index (κ1) is 30.8. The van der Waals surface area contributed by atoms with Crippen LogP contribution in [0.25, 0.3) is 0 Å². The number of hydrogen-bond acceptors (Lipinski definition) is 6. The van der Waals surface area contributed by atoms with Gasteiger partial charge in [0, 0.05) is 12.2 Å². The predicted octanol–water partition coefficient (Wildman–Crippen LogP) is 6.79. The highest BCUT2D eigenvalue weighted by molar-refractivity contribution is 7.90. The predicted molar refractivity (Wildman–Crippen MR) is 149 cm³/mol. The molecule has 41 heavy (non-hydrogen) atoms. The Morgan fingerprint density at radius 3 is 1.78 bits per heavy atom. The standard InChI is InChI=1S/C19H18N2O2S.C9H12F4O3S/c1-24(22,23)19-14-12-18(13-15-19)21(17-10-6-3-7-11-17)20-16-8-4-2-5-9-16;10-8(11,9(12,13)17(14,15)16)7-4-5-1-2-6(7)3-5/h2-15,20H,1H3;5-7H,1-4H2,(H,14,15,16). The van der Waals surface area contributed by atoms with E-state index in [9.17, 15) is 34.4 Å². The SMILES string of the molecule is CS(=O)(=O)c1ccc(N(Nc2ccccc2)c2ccccc2)cc1.O=S(=O)(O)C(F)(F)C(F)(F)C1CC2CCC1C2. The minimum absolute atomic E-state index is 0.0203. The first-order valence-corrected chi connectivity index (χ1v) is 16.1. The third kappa shape index (κ3) is 6.68. The fraction of sp³-hybridized carbons (Fsp3) is 0.357. The van der Waals surface area contributed by atoms with Crippen molar-refractivity contribution in [1.82, 2.24) is 0 Å². The lowest BCUT2D eigenvalue weighted by molar-refractivity contribution is -0.202. The summed E-state index contributed by atoms with van der Waals surface area (Å²) in [5.74, 6) is -6.95. The Labute approximate surface area is 236 Å². The highest BCUT2D eigenvalue weighted by Gasteiger charge is 2.71. The van der Waals surface area contributed by atoms with Gasteiger partial charge in [0.25, 0.3) is 0 Å². The van der Waals surface area contributed by atoms with Gasteiger partial charge in [-0.2, -0.15) is 26.0 Å². The smallest absolute Gasteiger partial charge is 0.294 e. The number of hydrazine groups is 1. The van der Waals surface area contributed by atoms with Gasteiger partial charge in [-0.25, -0.2) is 8.42 Å². The quantitative estimate of drug-likeness (QED) is 0.164. The molecule has 2 aliphatic carbocycles. The van der Waals surface area contributed by atoms with Crippen LogP contribution in [0.5, 0.6) is 0 Å². The van der Waals surface area contributed by atoms with Gasteiger partial charge in [-0.05, 0) is 79.6 Å². The van der Waals surface area contributed by atoms with Crippen molar-refractivity contribution >= 4 is 37.0 Å². The molecular weight excluding hydrogens is 584 g/mol. The average molecular weight is 615 g/mol. The fourth-order valence-electron chi connectivity index (χ4n) is 5.42. The van der Waals surface area contributed by atoms with E-state index in [2.05, 4.69) is 5.43 Å². The van der Waals surface area contributed by atoms with Crippen LogP contribution in [0.3, 0.4) is 0 Å². The summed E-state index contributed by atoms with van der Waals surface area (Å²) in [6.45, 7) is 0. The number of nitrogens with one attached hydrogen (secondary N) is 1. The number of benzene rings is 3. The largest absolute Gasteiger partial charge is 0.431 e. The van der Waals surface area contributed by atoms with Gasteiger partial charge < -0.3 is 0 Å². The van der Waals surface area contributed by atoms with Crippen LogP contribution < -0.4 is 10.4 Å². The Hall–Kier alpha value is -3.16. The van der Waals surface area contributed by atoms with Crippen molar-refractivity contribution < 1.29 is 39.0 Å². The number of fused-ring (bicyclic) bond motifs is 2. The van der Waals surface area contributed by atoms with Gasteiger partial charge in [-0.3, -0.25) is 15.0 Å². The van der Waals surface area contributed by atoms with Crippen molar-refractivity contribution in [3.8, 4) is 0 Å². The second kappa shape index (κ2) is 11.6. The molecule has 0 heterocycles. The van der Waals surface area contributed by atoms with Gasteiger partial charge in [-0.15, -0.1) is 0 Å². The zero-order valence-electron chi connectivity index (χ0n) is 22.0. The summed E-state index contributed by atoms with van der Waals surface area (Å²) in [7, 11) is -9.31. The minimum Gasteiger partial charge on any atom is -0.294 e. The summed E-state index contributed by atoms with van der Waals surface area (Å²) < 4.78 is 106. The summed E-state index contributed by atoms with van der Waals surface area (Å²) in [6.07, 6.45) is 2.71. The Morgan fingerprint density at radius 1 is 0.780 bits per heavy atom. The molecule has 2 aliphatic rings. The van der Waals surface area contributed by atoms with Gasteiger partial charge in [0.05, 0.1) is 22.0 Å². The van der Waals surface area contributed by atoms with Gasteiger partial charge in [0.1, 0.15) is 0 Å². The average Bonchev–Trinajstić information content (AvgIpc) is 3.57. The molecule has 0 saturated heterocycles. The molecule has 222 valence electrons. The first-order chi connectivity index (χ1) is 19.1. The highest BCUT2D eigenvalue weighted by atomic mass is 32.2. The summed E-state index contributed by atoms with van der Waals surface area (Å²) in [6, 6.07) is 26.5. The molecule has 3 unspecified atom stereocenters. The van der Waals surface area contributed by atoms with Crippen LogP contribution in [0.1, 0.15) is 25.7 Å². The van der Waals surface area contributed by atoms with E-state index in [0.29, 0.717) is 17.7 Å². The van der Waals surface area contributed by atoms with Crippen LogP contribution in [0.4, 0.5) is 34.6 Å². The van der Waals surface area contributed by atoms with Crippen molar-refractivity contribution in [2.75, 3.05) is 16.7 Å². The zero-order chi connectivity index (χ0) is 30.1. The molecule has 3 aromatic carbocycles. The maximum absolute atomic E-state index is 13.6. The number of para-hydroxylation sites is 2. The molecule has 13 heteroatoms. The van der Waals surface area contributed by atoms with Crippen LogP contribution in [0, 0.1) is 17.8 Å². The maximum Gasteiger partial charge on any atom is 0.431 e. The molecule has 2 bridgehead atoms. The molecule has 0 aliphatic heterocycles. The monoisotopic (exact) mass is 614 g/mol. The third-order valence-electron chi connectivity index (χ3n) is 7.47. The van der Waals surface area contributed by atoms with Crippen LogP contribution in [-0.4, -0.2) is 38.8 Å². The van der Waals surface area contributed by atoms with Gasteiger partial charge in [0.2, 0.25) is 0 Å². The van der Waals surface area contributed by atoms with Crippen molar-refractivity contribution in [2.45, 2.75) is 41.8 Å². The van der Waals surface area contributed by atoms with E-state index in [0.717, 1.165) is 23.5 Å². The van der Waals surface area contributed by atoms with Crippen LogP contribution in [-0.2, 0) is 20.0 Å². The van der Waals surface area contributed by atoms with Gasteiger partial charge in [-0.1, -0.05) is 42.8 Å². The van der Waals surface area contributed by atoms with Crippen molar-refractivity contribution in [2.24, 2.45) is 17.8 Å². The molecule has 7 nitrogen and oxygen atoms in total. The zero-order valence-corrected chi connectivity index (χ0v) is 23.6. The Kier molecular flexibility index (Phi) is 8.72. The number of sulfone groups is 1. The molecule has 0 radical (unpaired) electrons. The van der Waals surface area contributed by atoms with E-state index >= 15 is 0 Å². The minimum atomic E-state index is -6.10. The molecule has 3 aromatic rings. The van der Waals surface area contributed by atoms with E-state index in [1.807, 2.05) is 65.7 Å². The van der Waals surface area contributed by atoms with E-state index < -0.39 is 43.0 Å². The van der Waals surface area contributed by atoms with Crippen LogP contribution in [0.2, 0.25) is 0 Å². The maximum atomic E-state index is 13.6. The molecular formula is C28H30F4N2O5S2. The number of nitrogens with zero attached hydrogens (tertiary/aromatic N) is 1. The summed E-state index contributed by atoms with van der Waals surface area (Å²) in [5.41, 5.74) is 6.09. The third-order valence-corrected chi connectivity index (χ3v) is 9.52. The van der Waals surface area contributed by atoms with Gasteiger partial charge in [0.15, 0.2) is 9.84 Å². The Morgan fingerprint density at radius 2 is 1.32 bits per heavy atom. The number of hydrogen-bond donors (Lipinski definition) is 2. The molecule has 3 atom stereocenters. The van der Waals surface area contributed by atoms with E-state index in [4.69, 9.17) is 4.55 Å². The number of rotatable bonds is 8. The Balaban J connectivity index is 0.000000201. The van der Waals surface area contributed by atoms with E-state index in [-0.39, 0.29) is 12.3 Å². The van der Waals surface area contributed by atoms with Crippen LogP contribution >= 0.6 is 0 Å². The topological polar surface area (TPSA) is 104 Å². The number of alkyl halides is 4. The normalized spacial score (nSPS) is 20.7. The van der Waals surface area contributed by atoms with Crippen molar-refractivity contribution in [1.29, 1.82) is 0 Å². The van der Waals surface area contributed by atoms with Crippen molar-refractivity contribution in [3.05, 3.63) is 84.9 Å². The highest BCUT2D eigenvalue weighted by Crippen LogP contribution is 2.58. The van der Waals surface area contributed by atoms with Crippen LogP contribution in [0.15, 0.2) is 89.8 Å². The number of anilines is 3. The van der Waals surface area contributed by atoms with E-state index in [1.165, 1.54) is 6.26 Å². The molecule has 2 saturated carbocycles. The molecule has 5 rings (SSSR count). The summed E-state index contributed by atoms with van der Waals surface area (Å²) in [5, 5.41) is -3.49. The van der Waals surface area contributed by atoms with E-state index in [1.54, 1.807) is 24.3 Å². The second-order valence-electron chi connectivity index (χ2n) is 10.3. The molecule has 0 aromatic heterocycles. The molecule has 2 N–H and O–H groups in total. The molecule has 0 amide bonds. The summed E-state index contributed by atoms with van der Waals surface area (Å²) >= 11 is 0. The lowest BCUT2D eigenvalue weighted by Crippen LogP contribution is -2.52. The fourth-order valence-corrected chi connectivity index (χ4v) is 6.54. The summed E-state index contributed by atoms with van der Waals surface area (Å²) in [4.78, 5) is 0.305. The second-order valence-corrected chi connectivity index (χ2v) is 13.8. The van der Waals surface area contributed by atoms with Gasteiger partial charge >= 0.3 is 21.3 Å². The van der Waals surface area contributed by atoms with Crippen molar-refractivity contribution in [3.63, 3.8) is 0 Å². The Bertz CT molecular complexity index is 1540. The molecule has 0 spiro atoms. The lowest BCUT2D eigenvalue weighted by atomic mass is 9.84. The number of halogens is 4. The molecule has 2 fully saturated rings.